The lowest BCUT2D eigenvalue weighted by molar-refractivity contribution is -0.121. The number of halogens is 1. The number of aryl methyl sites for hydroxylation is 1. The summed E-state index contributed by atoms with van der Waals surface area (Å²) < 4.78 is 8.64. The van der Waals surface area contributed by atoms with E-state index >= 15 is 0 Å². The molecule has 0 atom stereocenters. The number of ether oxygens (including phenoxy) is 1. The largest absolute Gasteiger partial charge is 0.494 e. The number of hydrogen-bond acceptors (Lipinski definition) is 5. The predicted octanol–water partition coefficient (Wildman–Crippen LogP) is 3.57. The normalized spacial score (nSPS) is 11.0. The molecule has 0 saturated carbocycles. The quantitative estimate of drug-likeness (QED) is 0.408. The first kappa shape index (κ1) is 22.5. The highest BCUT2D eigenvalue weighted by Gasteiger charge is 2.12. The Labute approximate surface area is 195 Å². The molecule has 170 valence electrons. The van der Waals surface area contributed by atoms with Crippen LogP contribution in [0.2, 0.25) is 5.02 Å². The van der Waals surface area contributed by atoms with Gasteiger partial charge in [-0.25, -0.2) is 0 Å². The molecule has 0 aliphatic heterocycles. The number of nitrogens with zero attached hydrogens (tertiary/aromatic N) is 4. The SMILES string of the molecule is CCOc1ccc(-n2ccn3c(CCCC(=O)NCc4ccccc4Cl)nnc3c2=O)cc1. The van der Waals surface area contributed by atoms with Crippen LogP contribution in [0, 0.1) is 0 Å². The molecule has 0 aliphatic rings. The highest BCUT2D eigenvalue weighted by atomic mass is 35.5. The number of hydrogen-bond donors (Lipinski definition) is 1. The molecule has 2 aromatic carbocycles. The van der Waals surface area contributed by atoms with Crippen molar-refractivity contribution in [3.8, 4) is 11.4 Å². The van der Waals surface area contributed by atoms with Crippen molar-refractivity contribution >= 4 is 23.2 Å². The average Bonchev–Trinajstić information content (AvgIpc) is 3.24. The average molecular weight is 466 g/mol. The van der Waals surface area contributed by atoms with E-state index in [1.807, 2.05) is 49.4 Å². The fraction of sp³-hybridized carbons (Fsp3) is 0.250. The van der Waals surface area contributed by atoms with E-state index in [4.69, 9.17) is 16.3 Å². The Morgan fingerprint density at radius 2 is 1.88 bits per heavy atom. The third-order valence-electron chi connectivity index (χ3n) is 5.21. The Morgan fingerprint density at radius 1 is 1.09 bits per heavy atom. The summed E-state index contributed by atoms with van der Waals surface area (Å²) in [5.74, 6) is 1.32. The minimum atomic E-state index is -0.266. The lowest BCUT2D eigenvalue weighted by Gasteiger charge is -2.08. The van der Waals surface area contributed by atoms with Crippen LogP contribution in [0.5, 0.6) is 5.75 Å². The molecule has 1 N–H and O–H groups in total. The number of benzene rings is 2. The van der Waals surface area contributed by atoms with Crippen LogP contribution in [0.1, 0.15) is 31.2 Å². The summed E-state index contributed by atoms with van der Waals surface area (Å²) in [5, 5.41) is 11.7. The Balaban J connectivity index is 1.38. The number of fused-ring (bicyclic) bond motifs is 1. The predicted molar refractivity (Wildman–Crippen MR) is 126 cm³/mol. The molecule has 0 bridgehead atoms. The van der Waals surface area contributed by atoms with Crippen LogP contribution in [0.3, 0.4) is 0 Å². The minimum absolute atomic E-state index is 0.0680. The van der Waals surface area contributed by atoms with Gasteiger partial charge in [0.1, 0.15) is 11.6 Å². The van der Waals surface area contributed by atoms with Crippen LogP contribution < -0.4 is 15.6 Å². The standard InChI is InChI=1S/C24H24ClN5O3/c1-2-33-19-12-10-18(11-13-19)29-14-15-30-21(27-28-23(30)24(29)32)8-5-9-22(31)26-16-17-6-3-4-7-20(17)25/h3-4,6-7,10-15H,2,5,8-9,16H2,1H3,(H,26,31). The van der Waals surface area contributed by atoms with Crippen LogP contribution in [-0.4, -0.2) is 31.7 Å². The number of carbonyl (C=O) groups is 1. The lowest BCUT2D eigenvalue weighted by Crippen LogP contribution is -2.22. The molecule has 2 heterocycles. The highest BCUT2D eigenvalue weighted by Crippen LogP contribution is 2.16. The van der Waals surface area contributed by atoms with E-state index in [0.717, 1.165) is 11.3 Å². The lowest BCUT2D eigenvalue weighted by atomic mass is 10.2. The molecule has 0 fully saturated rings. The number of carbonyl (C=O) groups excluding carboxylic acids is 1. The number of aromatic nitrogens is 4. The molecule has 1 amide bonds. The van der Waals surface area contributed by atoms with E-state index in [9.17, 15) is 9.59 Å². The maximum Gasteiger partial charge on any atom is 0.300 e. The smallest absolute Gasteiger partial charge is 0.300 e. The summed E-state index contributed by atoms with van der Waals surface area (Å²) in [5.41, 5.74) is 1.56. The van der Waals surface area contributed by atoms with Gasteiger partial charge < -0.3 is 10.1 Å². The summed E-state index contributed by atoms with van der Waals surface area (Å²) in [6.07, 6.45) is 4.89. The van der Waals surface area contributed by atoms with Crippen LogP contribution in [0.25, 0.3) is 11.3 Å². The first-order valence-corrected chi connectivity index (χ1v) is 11.1. The highest BCUT2D eigenvalue weighted by molar-refractivity contribution is 6.31. The minimum Gasteiger partial charge on any atom is -0.494 e. The van der Waals surface area contributed by atoms with Crippen molar-refractivity contribution in [2.75, 3.05) is 6.61 Å². The summed E-state index contributed by atoms with van der Waals surface area (Å²) >= 11 is 6.12. The van der Waals surface area contributed by atoms with Gasteiger partial charge in [0.05, 0.1) is 6.61 Å². The van der Waals surface area contributed by atoms with Gasteiger partial charge in [-0.3, -0.25) is 18.6 Å². The summed E-state index contributed by atoms with van der Waals surface area (Å²) in [6, 6.07) is 14.7. The molecule has 0 spiro atoms. The van der Waals surface area contributed by atoms with Crippen molar-refractivity contribution in [3.05, 3.63) is 87.7 Å². The zero-order valence-corrected chi connectivity index (χ0v) is 19.0. The van der Waals surface area contributed by atoms with Gasteiger partial charge in [-0.15, -0.1) is 10.2 Å². The molecule has 0 saturated heterocycles. The molecular formula is C24H24ClN5O3. The van der Waals surface area contributed by atoms with Gasteiger partial charge in [0.15, 0.2) is 0 Å². The van der Waals surface area contributed by atoms with Crippen molar-refractivity contribution < 1.29 is 9.53 Å². The van der Waals surface area contributed by atoms with Gasteiger partial charge in [-0.2, -0.15) is 0 Å². The number of rotatable bonds is 9. The van der Waals surface area contributed by atoms with Gasteiger partial charge in [0.25, 0.3) is 0 Å². The second kappa shape index (κ2) is 10.3. The molecule has 0 aliphatic carbocycles. The van der Waals surface area contributed by atoms with Crippen molar-refractivity contribution in [2.24, 2.45) is 0 Å². The van der Waals surface area contributed by atoms with Crippen molar-refractivity contribution in [2.45, 2.75) is 32.7 Å². The Morgan fingerprint density at radius 3 is 2.64 bits per heavy atom. The first-order valence-electron chi connectivity index (χ1n) is 10.8. The zero-order valence-electron chi connectivity index (χ0n) is 18.2. The fourth-order valence-corrected chi connectivity index (χ4v) is 3.71. The maximum atomic E-state index is 12.9. The Bertz CT molecular complexity index is 1310. The second-order valence-corrected chi connectivity index (χ2v) is 7.84. The molecular weight excluding hydrogens is 442 g/mol. The molecule has 9 heteroatoms. The zero-order chi connectivity index (χ0) is 23.2. The molecule has 0 radical (unpaired) electrons. The van der Waals surface area contributed by atoms with E-state index < -0.39 is 0 Å². The topological polar surface area (TPSA) is 90.5 Å². The molecule has 8 nitrogen and oxygen atoms in total. The maximum absolute atomic E-state index is 12.9. The van der Waals surface area contributed by atoms with Gasteiger partial charge in [-0.05, 0) is 49.2 Å². The molecule has 0 unspecified atom stereocenters. The Hall–Kier alpha value is -3.65. The summed E-state index contributed by atoms with van der Waals surface area (Å²) in [6.45, 7) is 2.89. The van der Waals surface area contributed by atoms with Crippen molar-refractivity contribution in [3.63, 3.8) is 0 Å². The van der Waals surface area contributed by atoms with Crippen LogP contribution in [0.15, 0.2) is 65.7 Å². The number of amides is 1. The van der Waals surface area contributed by atoms with Crippen molar-refractivity contribution in [1.82, 2.24) is 24.5 Å². The van der Waals surface area contributed by atoms with Gasteiger partial charge in [0.2, 0.25) is 11.6 Å². The van der Waals surface area contributed by atoms with Gasteiger partial charge in [-0.1, -0.05) is 29.8 Å². The molecule has 4 rings (SSSR count). The Kier molecular flexibility index (Phi) is 7.04. The van der Waals surface area contributed by atoms with E-state index in [0.29, 0.717) is 48.9 Å². The summed E-state index contributed by atoms with van der Waals surface area (Å²) in [4.78, 5) is 25.1. The summed E-state index contributed by atoms with van der Waals surface area (Å²) in [7, 11) is 0. The van der Waals surface area contributed by atoms with Crippen LogP contribution >= 0.6 is 11.6 Å². The van der Waals surface area contributed by atoms with Crippen molar-refractivity contribution in [1.29, 1.82) is 0 Å². The van der Waals surface area contributed by atoms with E-state index in [-0.39, 0.29) is 17.1 Å². The number of nitrogens with one attached hydrogen (secondary N) is 1. The van der Waals surface area contributed by atoms with E-state index in [1.54, 1.807) is 22.9 Å². The van der Waals surface area contributed by atoms with Gasteiger partial charge in [0, 0.05) is 42.5 Å². The third-order valence-corrected chi connectivity index (χ3v) is 5.57. The molecule has 33 heavy (non-hydrogen) atoms. The third kappa shape index (κ3) is 5.23. The second-order valence-electron chi connectivity index (χ2n) is 7.43. The van der Waals surface area contributed by atoms with E-state index in [2.05, 4.69) is 15.5 Å². The fourth-order valence-electron chi connectivity index (χ4n) is 3.51. The van der Waals surface area contributed by atoms with Gasteiger partial charge >= 0.3 is 5.56 Å². The monoisotopic (exact) mass is 465 g/mol. The van der Waals surface area contributed by atoms with E-state index in [1.165, 1.54) is 4.57 Å². The van der Waals surface area contributed by atoms with Crippen LogP contribution in [0.4, 0.5) is 0 Å². The van der Waals surface area contributed by atoms with Crippen LogP contribution in [-0.2, 0) is 17.8 Å². The molecule has 4 aromatic rings. The molecule has 2 aromatic heterocycles. The first-order chi connectivity index (χ1) is 16.1.